The molecule has 33 heavy (non-hydrogen) atoms. The summed E-state index contributed by atoms with van der Waals surface area (Å²) in [7, 11) is 0. The summed E-state index contributed by atoms with van der Waals surface area (Å²) in [5.74, 6) is 0.484. The normalized spacial score (nSPS) is 16.7. The summed E-state index contributed by atoms with van der Waals surface area (Å²) in [5.41, 5.74) is 3.71. The average Bonchev–Trinajstić information content (AvgIpc) is 3.41. The molecule has 0 aliphatic carbocycles. The Morgan fingerprint density at radius 3 is 2.97 bits per heavy atom. The molecular formula is C23H27N7O3. The van der Waals surface area contributed by atoms with Gasteiger partial charge in [-0.05, 0) is 43.4 Å². The fraction of sp³-hybridized carbons (Fsp3) is 0.435. The van der Waals surface area contributed by atoms with Crippen molar-refractivity contribution in [2.24, 2.45) is 0 Å². The molecule has 1 saturated heterocycles. The van der Waals surface area contributed by atoms with Gasteiger partial charge in [-0.25, -0.2) is 14.8 Å². The number of aromatic nitrogens is 4. The summed E-state index contributed by atoms with van der Waals surface area (Å²) in [6.07, 6.45) is 6.84. The van der Waals surface area contributed by atoms with Crippen LogP contribution in [0, 0.1) is 0 Å². The quantitative estimate of drug-likeness (QED) is 0.482. The molecular weight excluding hydrogens is 422 g/mol. The largest absolute Gasteiger partial charge is 0.481 e. The predicted octanol–water partition coefficient (Wildman–Crippen LogP) is 2.60. The van der Waals surface area contributed by atoms with Gasteiger partial charge in [0.15, 0.2) is 0 Å². The number of carboxylic acids is 1. The fourth-order valence-electron chi connectivity index (χ4n) is 4.61. The lowest BCUT2D eigenvalue weighted by atomic mass is 10.1. The van der Waals surface area contributed by atoms with Crippen molar-refractivity contribution in [3.05, 3.63) is 47.7 Å². The number of carboxylic acid groups (broad SMARTS) is 1. The van der Waals surface area contributed by atoms with E-state index in [2.05, 4.69) is 32.4 Å². The zero-order valence-electron chi connectivity index (χ0n) is 18.3. The first-order valence-electron chi connectivity index (χ1n) is 11.4. The van der Waals surface area contributed by atoms with E-state index in [0.717, 1.165) is 49.3 Å². The molecule has 5 rings (SSSR count). The van der Waals surface area contributed by atoms with Crippen molar-refractivity contribution in [2.45, 2.75) is 38.1 Å². The minimum absolute atomic E-state index is 0.153. The number of pyridine rings is 2. The van der Waals surface area contributed by atoms with Crippen LogP contribution in [0.2, 0.25) is 0 Å². The van der Waals surface area contributed by atoms with Crippen LogP contribution < -0.4 is 5.32 Å². The summed E-state index contributed by atoms with van der Waals surface area (Å²) < 4.78 is 0. The van der Waals surface area contributed by atoms with Gasteiger partial charge in [0.05, 0.1) is 18.1 Å². The fourth-order valence-corrected chi connectivity index (χ4v) is 4.61. The number of nitrogens with one attached hydrogen (secondary N) is 2. The maximum Gasteiger partial charge on any atom is 0.320 e. The Labute approximate surface area is 191 Å². The monoisotopic (exact) mass is 449 g/mol. The number of imidazole rings is 1. The molecule has 1 atom stereocenters. The van der Waals surface area contributed by atoms with Gasteiger partial charge in [0.25, 0.3) is 0 Å². The first kappa shape index (κ1) is 21.2. The Bertz CT molecular complexity index is 1140. The third-order valence-electron chi connectivity index (χ3n) is 6.30. The molecule has 2 aliphatic rings. The first-order valence-corrected chi connectivity index (χ1v) is 11.4. The van der Waals surface area contributed by atoms with Gasteiger partial charge in [-0.2, -0.15) is 0 Å². The highest BCUT2D eigenvalue weighted by molar-refractivity contribution is 5.79. The van der Waals surface area contributed by atoms with E-state index in [1.165, 1.54) is 5.56 Å². The maximum atomic E-state index is 13.1. The van der Waals surface area contributed by atoms with Crippen molar-refractivity contribution >= 4 is 28.9 Å². The first-order chi connectivity index (χ1) is 16.1. The Hall–Kier alpha value is -3.69. The molecule has 5 heterocycles. The van der Waals surface area contributed by atoms with Crippen LogP contribution in [0.3, 0.4) is 0 Å². The van der Waals surface area contributed by atoms with Crippen LogP contribution in [0.1, 0.15) is 42.4 Å². The lowest BCUT2D eigenvalue weighted by Gasteiger charge is -2.25. The van der Waals surface area contributed by atoms with Crippen LogP contribution in [0.4, 0.5) is 10.6 Å². The molecule has 3 N–H and O–H groups in total. The number of aryl methyl sites for hydroxylation is 2. The molecule has 2 amide bonds. The second-order valence-electron chi connectivity index (χ2n) is 8.54. The van der Waals surface area contributed by atoms with E-state index in [-0.39, 0.29) is 12.5 Å². The summed E-state index contributed by atoms with van der Waals surface area (Å²) in [5, 5.41) is 12.8. The predicted molar refractivity (Wildman–Crippen MR) is 122 cm³/mol. The summed E-state index contributed by atoms with van der Waals surface area (Å²) >= 11 is 0. The van der Waals surface area contributed by atoms with Crippen molar-refractivity contribution in [1.82, 2.24) is 29.7 Å². The zero-order chi connectivity index (χ0) is 22.8. The van der Waals surface area contributed by atoms with Gasteiger partial charge in [0.1, 0.15) is 23.2 Å². The van der Waals surface area contributed by atoms with Gasteiger partial charge < -0.3 is 25.2 Å². The van der Waals surface area contributed by atoms with Gasteiger partial charge in [0, 0.05) is 38.1 Å². The topological polar surface area (TPSA) is 127 Å². The average molecular weight is 450 g/mol. The number of aliphatic carboxylic acids is 1. The van der Waals surface area contributed by atoms with Crippen molar-refractivity contribution in [3.63, 3.8) is 0 Å². The molecule has 0 spiro atoms. The van der Waals surface area contributed by atoms with E-state index in [0.29, 0.717) is 31.0 Å². The molecule has 2 aliphatic heterocycles. The minimum Gasteiger partial charge on any atom is -0.481 e. The number of fused-ring (bicyclic) bond motifs is 2. The molecule has 0 aromatic carbocycles. The van der Waals surface area contributed by atoms with E-state index in [1.54, 1.807) is 28.3 Å². The molecule has 10 heteroatoms. The SMILES string of the molecule is O=C(O)C[C@H](c1nc2cnccc2[nH]1)N1CCN(CCCc2ccc3c(n2)NCCC3)C1=O. The van der Waals surface area contributed by atoms with Gasteiger partial charge in [-0.3, -0.25) is 9.78 Å². The Morgan fingerprint density at radius 1 is 1.21 bits per heavy atom. The molecule has 3 aromatic heterocycles. The molecule has 1 fully saturated rings. The van der Waals surface area contributed by atoms with E-state index in [9.17, 15) is 14.7 Å². The summed E-state index contributed by atoms with van der Waals surface area (Å²) in [4.78, 5) is 44.5. The van der Waals surface area contributed by atoms with Gasteiger partial charge in [-0.1, -0.05) is 6.07 Å². The molecule has 0 radical (unpaired) electrons. The number of anilines is 1. The highest BCUT2D eigenvalue weighted by Gasteiger charge is 2.36. The molecule has 0 saturated carbocycles. The molecule has 0 bridgehead atoms. The number of hydrogen-bond donors (Lipinski definition) is 3. The number of carbonyl (C=O) groups is 2. The third-order valence-corrected chi connectivity index (χ3v) is 6.30. The van der Waals surface area contributed by atoms with Crippen LogP contribution in [0.25, 0.3) is 11.0 Å². The van der Waals surface area contributed by atoms with E-state index < -0.39 is 12.0 Å². The van der Waals surface area contributed by atoms with Crippen LogP contribution in [-0.2, 0) is 17.6 Å². The van der Waals surface area contributed by atoms with Crippen LogP contribution >= 0.6 is 0 Å². The number of amides is 2. The highest BCUT2D eigenvalue weighted by Crippen LogP contribution is 2.28. The van der Waals surface area contributed by atoms with Gasteiger partial charge >= 0.3 is 12.0 Å². The Balaban J connectivity index is 1.23. The van der Waals surface area contributed by atoms with Gasteiger partial charge in [0.2, 0.25) is 0 Å². The lowest BCUT2D eigenvalue weighted by molar-refractivity contribution is -0.138. The molecule has 0 unspecified atom stereocenters. The Kier molecular flexibility index (Phi) is 5.80. The number of nitrogens with zero attached hydrogens (tertiary/aromatic N) is 5. The number of hydrogen-bond acceptors (Lipinski definition) is 6. The number of urea groups is 1. The standard InChI is InChI=1S/C23H27N7O3/c31-20(32)13-19(22-27-17-7-9-24-14-18(17)28-22)30-12-11-29(23(30)33)10-2-4-16-6-5-15-3-1-8-25-21(15)26-16/h5-7,9,14,19H,1-4,8,10-13H2,(H,25,26)(H,27,28)(H,31,32)/t19-/m1/s1. The number of carbonyl (C=O) groups excluding carboxylic acids is 1. The van der Waals surface area contributed by atoms with Crippen LogP contribution in [-0.4, -0.2) is 73.0 Å². The second kappa shape index (κ2) is 9.05. The minimum atomic E-state index is -0.975. The highest BCUT2D eigenvalue weighted by atomic mass is 16.4. The molecule has 10 nitrogen and oxygen atoms in total. The van der Waals surface area contributed by atoms with Crippen molar-refractivity contribution in [2.75, 3.05) is 31.5 Å². The van der Waals surface area contributed by atoms with E-state index >= 15 is 0 Å². The lowest BCUT2D eigenvalue weighted by Crippen LogP contribution is -2.36. The van der Waals surface area contributed by atoms with Gasteiger partial charge in [-0.15, -0.1) is 0 Å². The summed E-state index contributed by atoms with van der Waals surface area (Å²) in [6.45, 7) is 2.59. The van der Waals surface area contributed by atoms with Crippen LogP contribution in [0.15, 0.2) is 30.6 Å². The number of H-pyrrole nitrogens is 1. The van der Waals surface area contributed by atoms with Crippen molar-refractivity contribution in [1.29, 1.82) is 0 Å². The summed E-state index contributed by atoms with van der Waals surface area (Å²) in [6, 6.07) is 5.20. The number of aromatic amines is 1. The second-order valence-corrected chi connectivity index (χ2v) is 8.54. The van der Waals surface area contributed by atoms with E-state index in [1.807, 2.05) is 0 Å². The van der Waals surface area contributed by atoms with Crippen molar-refractivity contribution < 1.29 is 14.7 Å². The van der Waals surface area contributed by atoms with Crippen LogP contribution in [0.5, 0.6) is 0 Å². The molecule has 172 valence electrons. The van der Waals surface area contributed by atoms with Crippen molar-refractivity contribution in [3.8, 4) is 0 Å². The maximum absolute atomic E-state index is 13.1. The number of rotatable bonds is 8. The zero-order valence-corrected chi connectivity index (χ0v) is 18.3. The third kappa shape index (κ3) is 4.46. The smallest absolute Gasteiger partial charge is 0.320 e. The Morgan fingerprint density at radius 2 is 2.12 bits per heavy atom. The molecule has 3 aromatic rings. The van der Waals surface area contributed by atoms with E-state index in [4.69, 9.17) is 4.98 Å².